The molecule has 4 radical (unpaired) electrons. The van der Waals surface area contributed by atoms with Crippen LogP contribution in [0.25, 0.3) is 44.5 Å². The first-order valence-corrected chi connectivity index (χ1v) is 36.2. The summed E-state index contributed by atoms with van der Waals surface area (Å²) in [7, 11) is 0. The van der Waals surface area contributed by atoms with Crippen molar-refractivity contribution in [3.05, 3.63) is 152 Å². The molecular weight excluding hydrogens is 1250 g/mol. The van der Waals surface area contributed by atoms with Crippen molar-refractivity contribution in [2.45, 2.75) is 314 Å². The topological polar surface area (TPSA) is 0 Å². The van der Waals surface area contributed by atoms with E-state index in [0.29, 0.717) is 22.5 Å². The van der Waals surface area contributed by atoms with Crippen LogP contribution in [0, 0.1) is 0 Å². The average Bonchev–Trinajstić information content (AvgIpc) is 0.761. The van der Waals surface area contributed by atoms with Gasteiger partial charge >= 0.3 is 563 Å². The normalized spacial score (nSPS) is 13.9. The Morgan fingerprint density at radius 3 is 0.500 bits per heavy atom. The molecule has 2 heteroatoms. The first-order valence-electron chi connectivity index (χ1n) is 32.7. The van der Waals surface area contributed by atoms with Crippen molar-refractivity contribution < 1.29 is 0 Å². The second kappa shape index (κ2) is 24.2. The summed E-state index contributed by atoms with van der Waals surface area (Å²) in [4.78, 5) is 0. The van der Waals surface area contributed by atoms with E-state index in [1.807, 2.05) is 0 Å². The molecule has 0 fully saturated rings. The summed E-state index contributed by atoms with van der Waals surface area (Å²) >= 11 is 2.11. The zero-order valence-electron chi connectivity index (χ0n) is 62.3. The maximum absolute atomic E-state index is 2.53. The van der Waals surface area contributed by atoms with Crippen LogP contribution in [0.3, 0.4) is 0 Å². The Balaban J connectivity index is 0.000000314. The molecule has 0 unspecified atom stereocenters. The van der Waals surface area contributed by atoms with Crippen molar-refractivity contribution in [3.8, 4) is 44.5 Å². The molecule has 86 heavy (non-hydrogen) atoms. The van der Waals surface area contributed by atoms with Gasteiger partial charge in [0.15, 0.2) is 0 Å². The number of hydrogen-bond donors (Lipinski definition) is 0. The third-order valence-corrected chi connectivity index (χ3v) is 21.5. The van der Waals surface area contributed by atoms with Crippen LogP contribution in [0.1, 0.15) is 316 Å². The second-order valence-electron chi connectivity index (χ2n) is 38.3. The van der Waals surface area contributed by atoms with E-state index in [4.69, 9.17) is 0 Å². The Bertz CT molecular complexity index is 2840. The van der Waals surface area contributed by atoms with Crippen molar-refractivity contribution in [1.29, 1.82) is 0 Å². The molecule has 0 nitrogen and oxygen atoms in total. The van der Waals surface area contributed by atoms with E-state index in [-0.39, 0.29) is 65.0 Å². The van der Waals surface area contributed by atoms with E-state index in [9.17, 15) is 0 Å². The van der Waals surface area contributed by atoms with Crippen LogP contribution in [0.5, 0.6) is 0 Å². The molecule has 0 heterocycles. The Morgan fingerprint density at radius 1 is 0.221 bits per heavy atom. The van der Waals surface area contributed by atoms with Gasteiger partial charge in [-0.2, -0.15) is 0 Å². The van der Waals surface area contributed by atoms with Gasteiger partial charge < -0.3 is 0 Å². The van der Waals surface area contributed by atoms with Gasteiger partial charge in [0, 0.05) is 0 Å². The monoisotopic (exact) mass is 1370 g/mol. The summed E-state index contributed by atoms with van der Waals surface area (Å²) in [5.41, 5.74) is 29.4. The van der Waals surface area contributed by atoms with Gasteiger partial charge in [0.25, 0.3) is 0 Å². The molecular formula is C84H124Sn2. The molecule has 0 aromatic heterocycles. The van der Waals surface area contributed by atoms with E-state index in [1.165, 1.54) is 137 Å². The van der Waals surface area contributed by atoms with Crippen molar-refractivity contribution in [1.82, 2.24) is 0 Å². The zero-order chi connectivity index (χ0) is 66.6. The van der Waals surface area contributed by atoms with Crippen LogP contribution < -0.4 is 7.16 Å². The molecule has 0 N–H and O–H groups in total. The predicted octanol–water partition coefficient (Wildman–Crippen LogP) is 22.7. The van der Waals surface area contributed by atoms with E-state index in [2.05, 4.69) is 334 Å². The molecule has 0 spiro atoms. The third-order valence-electron chi connectivity index (χ3n) is 17.8. The first kappa shape index (κ1) is 73.7. The molecule has 0 bridgehead atoms. The summed E-state index contributed by atoms with van der Waals surface area (Å²) in [6.07, 6.45) is 0. The maximum atomic E-state index is 2.53. The zero-order valence-corrected chi connectivity index (χ0v) is 69.2. The molecule has 0 aliphatic carbocycles. The minimum atomic E-state index is 0.0105. The third kappa shape index (κ3) is 16.5. The first-order chi connectivity index (χ1) is 38.1. The Labute approximate surface area is 558 Å². The molecule has 0 saturated heterocycles. The summed E-state index contributed by atoms with van der Waals surface area (Å²) in [6.45, 7) is 85.6. The van der Waals surface area contributed by atoms with Crippen LogP contribution >= 0.6 is 0 Å². The molecule has 0 aliphatic rings. The molecule has 0 aliphatic heterocycles. The molecule has 6 rings (SSSR count). The van der Waals surface area contributed by atoms with Gasteiger partial charge in [-0.25, -0.2) is 0 Å². The summed E-state index contributed by atoms with van der Waals surface area (Å²) in [5, 5.41) is 0. The summed E-state index contributed by atoms with van der Waals surface area (Å²) < 4.78 is 3.01. The van der Waals surface area contributed by atoms with Crippen molar-refractivity contribution >= 4 is 52.2 Å². The van der Waals surface area contributed by atoms with Crippen molar-refractivity contribution in [2.75, 3.05) is 0 Å². The van der Waals surface area contributed by atoms with Gasteiger partial charge in [-0.1, -0.05) is 0 Å². The van der Waals surface area contributed by atoms with Gasteiger partial charge in [0.1, 0.15) is 0 Å². The Morgan fingerprint density at radius 2 is 0.360 bits per heavy atom. The Hall–Kier alpha value is -3.08. The van der Waals surface area contributed by atoms with Gasteiger partial charge in [0.05, 0.1) is 0 Å². The molecule has 6 aromatic rings. The van der Waals surface area contributed by atoms with E-state index < -0.39 is 0 Å². The SMILES string of the molecule is CC(C)(C)c1cc(C(C)(C)C)c(-c2cccc(-c3c(C(C)(C)C)cc(C(C)(C)C)cc3C(C)(C)C)[c]2[SnH2])c(C(C)(C)C)c1.CC(C)(C)c1cc(C(C)(C)C)c(-c2cccc(-c3c(C(C)(C)C)cc(C(C)(C)C)cc3C(C)(C)C)[c]2[Sn])c(C(C)(C)C)c1. The molecule has 0 saturated carbocycles. The van der Waals surface area contributed by atoms with E-state index in [0.717, 1.165) is 0 Å². The quantitative estimate of drug-likeness (QED) is 0.154. The van der Waals surface area contributed by atoms with Crippen LogP contribution in [0.15, 0.2) is 84.9 Å². The Kier molecular flexibility index (Phi) is 20.7. The number of hydrogen-bond acceptors (Lipinski definition) is 0. The number of rotatable bonds is 4. The summed E-state index contributed by atoms with van der Waals surface area (Å²) in [5.74, 6) is 0. The van der Waals surface area contributed by atoms with E-state index in [1.54, 1.807) is 3.58 Å². The van der Waals surface area contributed by atoms with E-state index >= 15 is 0 Å². The van der Waals surface area contributed by atoms with Crippen molar-refractivity contribution in [3.63, 3.8) is 0 Å². The fraction of sp³-hybridized carbons (Fsp3) is 0.571. The molecule has 0 atom stereocenters. The second-order valence-corrected chi connectivity index (χ2v) is 41.8. The fourth-order valence-electron chi connectivity index (χ4n) is 12.2. The van der Waals surface area contributed by atoms with Gasteiger partial charge in [-0.3, -0.25) is 0 Å². The fourth-order valence-corrected chi connectivity index (χ4v) is 15.1. The standard InChI is InChI=1S/2C42H61.2Sn.2H/c2*1-37(2,3)29-23-31(39(7,8)9)35(32(24-29)40(10,11)12)27-20-19-21-28(22-27)36-33(41(13,14)15)25-30(38(4,5)6)26-34(36)42(16,17)18;;;;/h2*19-21,23-26H,1-18H3;;;;. The van der Waals surface area contributed by atoms with Crippen LogP contribution in [0.2, 0.25) is 0 Å². The van der Waals surface area contributed by atoms with Gasteiger partial charge in [-0.15, -0.1) is 0 Å². The minimum absolute atomic E-state index is 0.0105. The predicted molar refractivity (Wildman–Crippen MR) is 393 cm³/mol. The summed E-state index contributed by atoms with van der Waals surface area (Å²) in [6, 6.07) is 34.5. The molecule has 468 valence electrons. The van der Waals surface area contributed by atoms with Crippen molar-refractivity contribution in [2.24, 2.45) is 0 Å². The molecule has 6 aromatic carbocycles. The van der Waals surface area contributed by atoms with Crippen LogP contribution in [0.4, 0.5) is 0 Å². The average molecular weight is 1370 g/mol. The number of benzene rings is 6. The van der Waals surface area contributed by atoms with Gasteiger partial charge in [-0.05, 0) is 0 Å². The van der Waals surface area contributed by atoms with Crippen LogP contribution in [-0.2, 0) is 65.0 Å². The van der Waals surface area contributed by atoms with Crippen LogP contribution in [-0.4, -0.2) is 45.0 Å². The molecule has 0 amide bonds. The van der Waals surface area contributed by atoms with Gasteiger partial charge in [0.2, 0.25) is 0 Å².